The van der Waals surface area contributed by atoms with E-state index in [1.165, 1.54) is 0 Å². The van der Waals surface area contributed by atoms with E-state index in [1.54, 1.807) is 0 Å². The zero-order valence-corrected chi connectivity index (χ0v) is 11.8. The van der Waals surface area contributed by atoms with E-state index in [9.17, 15) is 4.21 Å². The van der Waals surface area contributed by atoms with Crippen molar-refractivity contribution in [1.82, 2.24) is 0 Å². The number of hydrogen-bond acceptors (Lipinski definition) is 1. The van der Waals surface area contributed by atoms with E-state index >= 15 is 0 Å². The van der Waals surface area contributed by atoms with Gasteiger partial charge in [0.05, 0.1) is 15.5 Å². The number of rotatable bonds is 5. The molecule has 1 unspecified atom stereocenters. The molecule has 1 aromatic rings. The number of hydrogen-bond donors (Lipinski definition) is 0. The second-order valence-electron chi connectivity index (χ2n) is 5.45. The highest BCUT2D eigenvalue weighted by Crippen LogP contribution is 2.57. The molecule has 0 amide bonds. The lowest BCUT2D eigenvalue weighted by Crippen LogP contribution is -2.21. The molecule has 0 spiro atoms. The minimum atomic E-state index is -0.833. The monoisotopic (exact) mass is 250 g/mol. The zero-order chi connectivity index (χ0) is 12.5. The lowest BCUT2D eigenvalue weighted by atomic mass is 10.1. The van der Waals surface area contributed by atoms with Gasteiger partial charge in [-0.15, -0.1) is 0 Å². The molecule has 1 saturated carbocycles. The summed E-state index contributed by atoms with van der Waals surface area (Å²) < 4.78 is 12.8. The standard InChI is InChI=1S/C15H22OS/c1-4-10-15(11-14(15)12(2)3)17(16)13-8-6-5-7-9-13/h5-9,12,14H,4,10-11H2,1-3H3/t14?,15-,17+/m1/s1. The predicted octanol–water partition coefficient (Wildman–Crippen LogP) is 4.01. The molecule has 3 atom stereocenters. The molecule has 1 fully saturated rings. The molecule has 0 saturated heterocycles. The Balaban J connectivity index is 2.22. The van der Waals surface area contributed by atoms with E-state index in [1.807, 2.05) is 30.3 Å². The maximum absolute atomic E-state index is 12.7. The van der Waals surface area contributed by atoms with Gasteiger partial charge in [0.25, 0.3) is 0 Å². The Morgan fingerprint density at radius 3 is 2.47 bits per heavy atom. The van der Waals surface area contributed by atoms with E-state index in [0.717, 1.165) is 24.2 Å². The largest absolute Gasteiger partial charge is 0.254 e. The van der Waals surface area contributed by atoms with E-state index in [2.05, 4.69) is 20.8 Å². The molecule has 0 aromatic heterocycles. The summed E-state index contributed by atoms with van der Waals surface area (Å²) >= 11 is 0. The summed E-state index contributed by atoms with van der Waals surface area (Å²) in [5.74, 6) is 1.29. The molecule has 2 rings (SSSR count). The first-order valence-electron chi connectivity index (χ1n) is 6.58. The van der Waals surface area contributed by atoms with Gasteiger partial charge in [0.1, 0.15) is 0 Å². The second kappa shape index (κ2) is 4.93. The van der Waals surface area contributed by atoms with Crippen LogP contribution in [0.3, 0.4) is 0 Å². The van der Waals surface area contributed by atoms with Gasteiger partial charge < -0.3 is 0 Å². The van der Waals surface area contributed by atoms with Crippen LogP contribution in [0.2, 0.25) is 0 Å². The molecule has 0 aliphatic heterocycles. The third-order valence-electron chi connectivity index (χ3n) is 3.89. The lowest BCUT2D eigenvalue weighted by molar-refractivity contribution is 0.510. The molecule has 0 heterocycles. The van der Waals surface area contributed by atoms with Crippen molar-refractivity contribution in [2.24, 2.45) is 11.8 Å². The first-order chi connectivity index (χ1) is 8.12. The fourth-order valence-electron chi connectivity index (χ4n) is 2.95. The summed E-state index contributed by atoms with van der Waals surface area (Å²) in [5.41, 5.74) is 0. The maximum atomic E-state index is 12.7. The van der Waals surface area contributed by atoms with Crippen molar-refractivity contribution in [3.05, 3.63) is 30.3 Å². The number of benzene rings is 1. The fourth-order valence-corrected chi connectivity index (χ4v) is 5.09. The minimum Gasteiger partial charge on any atom is -0.254 e. The van der Waals surface area contributed by atoms with Gasteiger partial charge in [-0.25, -0.2) is 0 Å². The molecule has 17 heavy (non-hydrogen) atoms. The van der Waals surface area contributed by atoms with Crippen LogP contribution in [-0.2, 0) is 10.8 Å². The summed E-state index contributed by atoms with van der Waals surface area (Å²) in [6, 6.07) is 9.96. The van der Waals surface area contributed by atoms with Crippen molar-refractivity contribution in [3.8, 4) is 0 Å². The average molecular weight is 250 g/mol. The SMILES string of the molecule is CCC[C@@]1([S@@](=O)c2ccccc2)CC1C(C)C. The van der Waals surface area contributed by atoms with Crippen molar-refractivity contribution in [2.75, 3.05) is 0 Å². The smallest absolute Gasteiger partial charge is 0.0595 e. The Labute approximate surface area is 107 Å². The molecule has 1 aliphatic rings. The third-order valence-corrected chi connectivity index (χ3v) is 6.00. The Morgan fingerprint density at radius 1 is 1.35 bits per heavy atom. The molecule has 0 bridgehead atoms. The molecule has 94 valence electrons. The topological polar surface area (TPSA) is 17.1 Å². The van der Waals surface area contributed by atoms with Gasteiger partial charge in [0, 0.05) is 4.90 Å². The zero-order valence-electron chi connectivity index (χ0n) is 11.0. The Morgan fingerprint density at radius 2 is 2.00 bits per heavy atom. The molecular weight excluding hydrogens is 228 g/mol. The first-order valence-corrected chi connectivity index (χ1v) is 7.73. The van der Waals surface area contributed by atoms with Gasteiger partial charge in [0.15, 0.2) is 0 Å². The first kappa shape index (κ1) is 12.8. The summed E-state index contributed by atoms with van der Waals surface area (Å²) in [7, 11) is -0.833. The summed E-state index contributed by atoms with van der Waals surface area (Å²) in [6.45, 7) is 6.70. The van der Waals surface area contributed by atoms with Crippen LogP contribution in [0, 0.1) is 11.8 Å². The van der Waals surface area contributed by atoms with Crippen LogP contribution in [0.1, 0.15) is 40.0 Å². The van der Waals surface area contributed by atoms with Crippen molar-refractivity contribution in [2.45, 2.75) is 49.7 Å². The van der Waals surface area contributed by atoms with Gasteiger partial charge in [-0.3, -0.25) is 4.21 Å². The van der Waals surface area contributed by atoms with Crippen LogP contribution in [0.4, 0.5) is 0 Å². The van der Waals surface area contributed by atoms with Crippen molar-refractivity contribution < 1.29 is 4.21 Å². The van der Waals surface area contributed by atoms with Crippen LogP contribution in [-0.4, -0.2) is 8.96 Å². The maximum Gasteiger partial charge on any atom is 0.0595 e. The Bertz CT molecular complexity index is 399. The molecule has 0 radical (unpaired) electrons. The third kappa shape index (κ3) is 2.33. The Kier molecular flexibility index (Phi) is 3.72. The van der Waals surface area contributed by atoms with Gasteiger partial charge in [-0.1, -0.05) is 45.4 Å². The van der Waals surface area contributed by atoms with Crippen molar-refractivity contribution in [3.63, 3.8) is 0 Å². The highest BCUT2D eigenvalue weighted by atomic mass is 32.2. The van der Waals surface area contributed by atoms with Crippen molar-refractivity contribution in [1.29, 1.82) is 0 Å². The quantitative estimate of drug-likeness (QED) is 0.771. The molecular formula is C15H22OS. The molecule has 1 aliphatic carbocycles. The van der Waals surface area contributed by atoms with Crippen LogP contribution in [0.15, 0.2) is 35.2 Å². The second-order valence-corrected chi connectivity index (χ2v) is 7.27. The average Bonchev–Trinajstić information content (AvgIpc) is 3.06. The van der Waals surface area contributed by atoms with Gasteiger partial charge in [-0.05, 0) is 36.8 Å². The highest BCUT2D eigenvalue weighted by Gasteiger charge is 2.59. The Hall–Kier alpha value is -0.630. The summed E-state index contributed by atoms with van der Waals surface area (Å²) in [6.07, 6.45) is 3.36. The van der Waals surface area contributed by atoms with Gasteiger partial charge in [0.2, 0.25) is 0 Å². The van der Waals surface area contributed by atoms with Crippen LogP contribution < -0.4 is 0 Å². The summed E-state index contributed by atoms with van der Waals surface area (Å²) in [4.78, 5) is 1.00. The van der Waals surface area contributed by atoms with E-state index in [-0.39, 0.29) is 4.75 Å². The molecule has 2 heteroatoms. The fraction of sp³-hybridized carbons (Fsp3) is 0.600. The lowest BCUT2D eigenvalue weighted by Gasteiger charge is -2.18. The van der Waals surface area contributed by atoms with Crippen LogP contribution in [0.5, 0.6) is 0 Å². The molecule has 0 N–H and O–H groups in total. The van der Waals surface area contributed by atoms with E-state index in [4.69, 9.17) is 0 Å². The molecule has 1 nitrogen and oxygen atoms in total. The van der Waals surface area contributed by atoms with Crippen molar-refractivity contribution >= 4 is 10.8 Å². The van der Waals surface area contributed by atoms with E-state index < -0.39 is 10.8 Å². The normalized spacial score (nSPS) is 29.3. The predicted molar refractivity (Wildman–Crippen MR) is 73.4 cm³/mol. The van der Waals surface area contributed by atoms with Gasteiger partial charge in [-0.2, -0.15) is 0 Å². The van der Waals surface area contributed by atoms with Crippen LogP contribution >= 0.6 is 0 Å². The van der Waals surface area contributed by atoms with E-state index in [0.29, 0.717) is 11.8 Å². The minimum absolute atomic E-state index is 0.0737. The van der Waals surface area contributed by atoms with Gasteiger partial charge >= 0.3 is 0 Å². The summed E-state index contributed by atoms with van der Waals surface area (Å²) in [5, 5.41) is 0. The van der Waals surface area contributed by atoms with Crippen LogP contribution in [0.25, 0.3) is 0 Å². The molecule has 1 aromatic carbocycles. The highest BCUT2D eigenvalue weighted by molar-refractivity contribution is 7.86.